The second-order valence-corrected chi connectivity index (χ2v) is 7.04. The van der Waals surface area contributed by atoms with Gasteiger partial charge >= 0.3 is 0 Å². The van der Waals surface area contributed by atoms with E-state index in [1.54, 1.807) is 13.8 Å². The molecule has 0 fully saturated rings. The van der Waals surface area contributed by atoms with Crippen LogP contribution in [0.5, 0.6) is 0 Å². The van der Waals surface area contributed by atoms with Crippen LogP contribution in [0.15, 0.2) is 24.3 Å². The summed E-state index contributed by atoms with van der Waals surface area (Å²) in [6, 6.07) is 7.40. The largest absolute Gasteiger partial charge is 0.383 e. The molecule has 0 saturated heterocycles. The number of anilines is 1. The summed E-state index contributed by atoms with van der Waals surface area (Å²) in [5, 5.41) is 7.76. The molecule has 4 heteroatoms. The molecule has 0 radical (unpaired) electrons. The van der Waals surface area contributed by atoms with Crippen molar-refractivity contribution < 1.29 is 14.7 Å². The number of rotatable bonds is 8. The number of hydrogen-bond donors (Lipinski definition) is 2. The van der Waals surface area contributed by atoms with Gasteiger partial charge in [-0.1, -0.05) is 32.0 Å². The van der Waals surface area contributed by atoms with E-state index in [2.05, 4.69) is 10.4 Å². The van der Waals surface area contributed by atoms with Crippen LogP contribution < -0.4 is 5.32 Å². The number of carbonyl (C=O) groups is 2. The molecule has 1 aromatic rings. The Morgan fingerprint density at radius 1 is 1.23 bits per heavy atom. The van der Waals surface area contributed by atoms with Crippen LogP contribution in [0.4, 0.5) is 5.69 Å². The molecule has 0 bridgehead atoms. The molecule has 0 aliphatic heterocycles. The molecule has 0 spiro atoms. The third kappa shape index (κ3) is 4.67. The van der Waals surface area contributed by atoms with Crippen molar-refractivity contribution in [2.45, 2.75) is 59.1 Å². The maximum Gasteiger partial charge on any atom is 0.211 e. The zero-order valence-electron chi connectivity index (χ0n) is 15.3. The van der Waals surface area contributed by atoms with Gasteiger partial charge in [-0.05, 0) is 39.3 Å². The fourth-order valence-electron chi connectivity index (χ4n) is 2.30. The lowest BCUT2D eigenvalue weighted by Gasteiger charge is -2.29. The first-order chi connectivity index (χ1) is 10.5. The molecule has 2 N–H and O–H groups in total. The molecule has 1 aromatic carbocycles. The topological polar surface area (TPSA) is 66.4 Å². The number of carbonyl (C=O) groups excluding carboxylic acids is 2. The summed E-state index contributed by atoms with van der Waals surface area (Å²) in [5.41, 5.74) is -0.349. The number of para-hydroxylation sites is 1. The van der Waals surface area contributed by atoms with Gasteiger partial charge in [0.15, 0.2) is 11.6 Å². The van der Waals surface area contributed by atoms with Crippen molar-refractivity contribution in [1.29, 1.82) is 1.43 Å². The van der Waals surface area contributed by atoms with Crippen LogP contribution in [0.3, 0.4) is 0 Å². The number of Topliss-reactive ketones (excluding diaryl/α,β-unsaturated/α-hetero) is 2. The van der Waals surface area contributed by atoms with Gasteiger partial charge in [0.05, 0.1) is 5.54 Å². The zero-order chi connectivity index (χ0) is 17.8. The first-order valence-corrected chi connectivity index (χ1v) is 7.59. The molecule has 22 heavy (non-hydrogen) atoms. The quantitative estimate of drug-likeness (QED) is 0.775. The van der Waals surface area contributed by atoms with Crippen LogP contribution in [-0.2, 0) is 16.0 Å². The Morgan fingerprint density at radius 2 is 1.82 bits per heavy atom. The van der Waals surface area contributed by atoms with E-state index in [-0.39, 0.29) is 23.9 Å². The number of hydrogen-bond acceptors (Lipinski definition) is 4. The van der Waals surface area contributed by atoms with Crippen molar-refractivity contribution in [3.63, 3.8) is 0 Å². The fraction of sp³-hybridized carbons (Fsp3) is 0.556. The van der Waals surface area contributed by atoms with Gasteiger partial charge in [-0.15, -0.1) is 0 Å². The first kappa shape index (κ1) is 16.7. The molecule has 0 saturated carbocycles. The smallest absolute Gasteiger partial charge is 0.211 e. The van der Waals surface area contributed by atoms with E-state index in [1.807, 2.05) is 52.0 Å². The van der Waals surface area contributed by atoms with E-state index in [0.29, 0.717) is 0 Å². The van der Waals surface area contributed by atoms with E-state index in [4.69, 9.17) is 1.43 Å². The fourth-order valence-corrected chi connectivity index (χ4v) is 2.30. The van der Waals surface area contributed by atoms with Crippen LogP contribution in [0.25, 0.3) is 0 Å². The van der Waals surface area contributed by atoms with Gasteiger partial charge in [0, 0.05) is 18.0 Å². The number of aliphatic hydroxyl groups is 1. The van der Waals surface area contributed by atoms with Gasteiger partial charge in [-0.3, -0.25) is 9.59 Å². The lowest BCUT2D eigenvalue weighted by atomic mass is 9.89. The van der Waals surface area contributed by atoms with Crippen molar-refractivity contribution in [3.8, 4) is 0 Å². The summed E-state index contributed by atoms with van der Waals surface area (Å²) < 4.78 is 7.02. The lowest BCUT2D eigenvalue weighted by molar-refractivity contribution is -0.133. The van der Waals surface area contributed by atoms with Crippen LogP contribution in [0, 0.1) is 5.92 Å². The van der Waals surface area contributed by atoms with Crippen molar-refractivity contribution >= 4 is 17.3 Å². The van der Waals surface area contributed by atoms with Gasteiger partial charge in [0.1, 0.15) is 5.60 Å². The summed E-state index contributed by atoms with van der Waals surface area (Å²) in [6.45, 7) is 10.6. The third-order valence-corrected chi connectivity index (χ3v) is 3.63. The number of ketones is 2. The standard InChI is InChI=1S/C18H27NO3/c1-12(2)16(21)17(3,4)19-14-10-8-7-9-13(14)11-15(20)18(5,6)22/h7-10,12,19,22H,11H2,1-6H3/i22D. The Morgan fingerprint density at radius 3 is 2.36 bits per heavy atom. The second kappa shape index (κ2) is 6.61. The van der Waals surface area contributed by atoms with Crippen LogP contribution in [0.1, 0.15) is 47.1 Å². The minimum absolute atomic E-state index is 0.0815. The summed E-state index contributed by atoms with van der Waals surface area (Å²) in [6.07, 6.45) is 0.140. The maximum absolute atomic E-state index is 12.3. The molecular formula is C18H27NO3. The highest BCUT2D eigenvalue weighted by atomic mass is 16.3. The molecular weight excluding hydrogens is 278 g/mol. The maximum atomic E-state index is 12.3. The molecule has 4 nitrogen and oxygen atoms in total. The molecule has 0 aliphatic carbocycles. The first-order valence-electron chi connectivity index (χ1n) is 8.00. The van der Waals surface area contributed by atoms with E-state index in [1.165, 1.54) is 0 Å². The minimum Gasteiger partial charge on any atom is -0.383 e. The SMILES string of the molecule is [2H]OC(C)(C)C(=O)Cc1ccccc1NC(C)(C)C(=O)C(C)C. The Labute approximate surface area is 134 Å². The highest BCUT2D eigenvalue weighted by Crippen LogP contribution is 2.24. The summed E-state index contributed by atoms with van der Waals surface area (Å²) in [7, 11) is 0. The molecule has 0 atom stereocenters. The van der Waals surface area contributed by atoms with Crippen molar-refractivity contribution in [1.82, 2.24) is 0 Å². The Hall–Kier alpha value is -1.68. The average Bonchev–Trinajstić information content (AvgIpc) is 2.47. The minimum atomic E-state index is -1.16. The Kier molecular flexibility index (Phi) is 5.01. The highest BCUT2D eigenvalue weighted by molar-refractivity contribution is 5.93. The predicted octanol–water partition coefficient (Wildman–Crippen LogP) is 2.98. The van der Waals surface area contributed by atoms with Crippen LogP contribution in [0.2, 0.25) is 0 Å². The van der Waals surface area contributed by atoms with Crippen molar-refractivity contribution in [3.05, 3.63) is 29.8 Å². The van der Waals surface area contributed by atoms with Gasteiger partial charge in [-0.2, -0.15) is 0 Å². The highest BCUT2D eigenvalue weighted by Gasteiger charge is 2.30. The molecule has 0 amide bonds. The zero-order valence-corrected chi connectivity index (χ0v) is 14.3. The van der Waals surface area contributed by atoms with E-state index in [0.717, 1.165) is 11.3 Å². The molecule has 0 unspecified atom stereocenters. The van der Waals surface area contributed by atoms with E-state index >= 15 is 0 Å². The molecule has 122 valence electrons. The number of benzene rings is 1. The van der Waals surface area contributed by atoms with E-state index in [9.17, 15) is 9.59 Å². The monoisotopic (exact) mass is 306 g/mol. The Bertz CT molecular complexity index is 579. The summed E-state index contributed by atoms with van der Waals surface area (Å²) in [4.78, 5) is 24.6. The molecule has 1 rings (SSSR count). The second-order valence-electron chi connectivity index (χ2n) is 7.04. The van der Waals surface area contributed by atoms with Crippen LogP contribution in [-0.4, -0.2) is 29.2 Å². The van der Waals surface area contributed by atoms with E-state index < -0.39 is 11.1 Å². The summed E-state index contributed by atoms with van der Waals surface area (Å²) in [5.74, 6) is -0.162. The number of nitrogens with one attached hydrogen (secondary N) is 1. The Balaban J connectivity index is 3.03. The van der Waals surface area contributed by atoms with Gasteiger partial charge in [0.25, 0.3) is 0 Å². The van der Waals surface area contributed by atoms with Crippen LogP contribution >= 0.6 is 0 Å². The third-order valence-electron chi connectivity index (χ3n) is 3.63. The molecule has 0 aliphatic rings. The normalized spacial score (nSPS) is 13.0. The lowest BCUT2D eigenvalue weighted by Crippen LogP contribution is -2.43. The molecule has 0 heterocycles. The molecule has 0 aromatic heterocycles. The van der Waals surface area contributed by atoms with Gasteiger partial charge in [0.2, 0.25) is 1.43 Å². The predicted molar refractivity (Wildman–Crippen MR) is 89.0 cm³/mol. The summed E-state index contributed by atoms with van der Waals surface area (Å²) >= 11 is 0. The van der Waals surface area contributed by atoms with Crippen molar-refractivity contribution in [2.75, 3.05) is 5.32 Å². The van der Waals surface area contributed by atoms with Gasteiger partial charge < -0.3 is 10.4 Å². The average molecular weight is 306 g/mol. The van der Waals surface area contributed by atoms with Gasteiger partial charge in [-0.25, -0.2) is 0 Å². The van der Waals surface area contributed by atoms with Crippen molar-refractivity contribution in [2.24, 2.45) is 5.92 Å².